The minimum atomic E-state index is 0.299. The molecule has 1 aromatic rings. The van der Waals surface area contributed by atoms with Gasteiger partial charge in [-0.15, -0.1) is 0 Å². The van der Waals surface area contributed by atoms with Gasteiger partial charge in [0.15, 0.2) is 0 Å². The zero-order valence-corrected chi connectivity index (χ0v) is 11.5. The molecule has 100 valence electrons. The minimum Gasteiger partial charge on any atom is -0.369 e. The van der Waals surface area contributed by atoms with E-state index in [4.69, 9.17) is 5.73 Å². The van der Waals surface area contributed by atoms with E-state index < -0.39 is 0 Å². The highest BCUT2D eigenvalue weighted by molar-refractivity contribution is 5.46. The Labute approximate surface area is 111 Å². The molecule has 0 aliphatic carbocycles. The van der Waals surface area contributed by atoms with Crippen LogP contribution in [0.4, 0.5) is 5.69 Å². The van der Waals surface area contributed by atoms with E-state index in [0.29, 0.717) is 12.0 Å². The molecule has 1 aliphatic heterocycles. The van der Waals surface area contributed by atoms with Crippen molar-refractivity contribution in [2.45, 2.75) is 19.9 Å². The van der Waals surface area contributed by atoms with E-state index in [-0.39, 0.29) is 0 Å². The summed E-state index contributed by atoms with van der Waals surface area (Å²) in [4.78, 5) is 4.95. The van der Waals surface area contributed by atoms with Crippen LogP contribution in [0.3, 0.4) is 0 Å². The lowest BCUT2D eigenvalue weighted by atomic mass is 10.0. The van der Waals surface area contributed by atoms with Gasteiger partial charge in [-0.25, -0.2) is 0 Å². The van der Waals surface area contributed by atoms with Gasteiger partial charge in [-0.2, -0.15) is 0 Å². The van der Waals surface area contributed by atoms with Crippen LogP contribution in [-0.2, 0) is 0 Å². The van der Waals surface area contributed by atoms with Gasteiger partial charge in [0.2, 0.25) is 0 Å². The molecule has 0 spiro atoms. The molecule has 1 heterocycles. The van der Waals surface area contributed by atoms with Crippen LogP contribution in [-0.4, -0.2) is 43.7 Å². The Kier molecular flexibility index (Phi) is 4.61. The second kappa shape index (κ2) is 6.21. The van der Waals surface area contributed by atoms with Gasteiger partial charge in [-0.3, -0.25) is 4.90 Å². The predicted molar refractivity (Wildman–Crippen MR) is 77.9 cm³/mol. The van der Waals surface area contributed by atoms with Gasteiger partial charge in [-0.05, 0) is 18.1 Å². The van der Waals surface area contributed by atoms with E-state index in [2.05, 4.69) is 54.0 Å². The Morgan fingerprint density at radius 2 is 1.67 bits per heavy atom. The molecule has 2 N–H and O–H groups in total. The molecule has 1 fully saturated rings. The third-order valence-corrected chi connectivity index (χ3v) is 3.82. The van der Waals surface area contributed by atoms with Gasteiger partial charge in [0.25, 0.3) is 0 Å². The fourth-order valence-electron chi connectivity index (χ4n) is 2.34. The second-order valence-electron chi connectivity index (χ2n) is 5.53. The molecule has 0 bridgehead atoms. The maximum atomic E-state index is 6.14. The van der Waals surface area contributed by atoms with Gasteiger partial charge in [0, 0.05) is 44.5 Å². The molecule has 1 aliphatic rings. The molecule has 3 heteroatoms. The van der Waals surface area contributed by atoms with Crippen LogP contribution in [0.15, 0.2) is 30.3 Å². The van der Waals surface area contributed by atoms with Crippen molar-refractivity contribution in [3.63, 3.8) is 0 Å². The van der Waals surface area contributed by atoms with Crippen LogP contribution in [0.5, 0.6) is 0 Å². The SMILES string of the molecule is CC(C)[C@H](N)CN1CCN(c2ccccc2)CC1. The quantitative estimate of drug-likeness (QED) is 0.880. The lowest BCUT2D eigenvalue weighted by Gasteiger charge is -2.37. The number of nitrogens with zero attached hydrogens (tertiary/aromatic N) is 2. The molecule has 1 atom stereocenters. The van der Waals surface area contributed by atoms with Crippen LogP contribution in [0.25, 0.3) is 0 Å². The lowest BCUT2D eigenvalue weighted by molar-refractivity contribution is 0.226. The zero-order chi connectivity index (χ0) is 13.0. The maximum absolute atomic E-state index is 6.14. The third kappa shape index (κ3) is 3.47. The van der Waals surface area contributed by atoms with E-state index in [1.807, 2.05) is 0 Å². The summed E-state index contributed by atoms with van der Waals surface area (Å²) in [5, 5.41) is 0. The Morgan fingerprint density at radius 1 is 1.06 bits per heavy atom. The predicted octanol–water partition coefficient (Wildman–Crippen LogP) is 1.79. The largest absolute Gasteiger partial charge is 0.369 e. The number of piperazine rings is 1. The number of hydrogen-bond acceptors (Lipinski definition) is 3. The molecule has 2 rings (SSSR count). The first-order valence-electron chi connectivity index (χ1n) is 6.95. The first-order chi connectivity index (χ1) is 8.66. The number of rotatable bonds is 4. The van der Waals surface area contributed by atoms with E-state index >= 15 is 0 Å². The van der Waals surface area contributed by atoms with Crippen molar-refractivity contribution in [3.05, 3.63) is 30.3 Å². The van der Waals surface area contributed by atoms with Crippen molar-refractivity contribution >= 4 is 5.69 Å². The molecule has 1 saturated heterocycles. The standard InChI is InChI=1S/C15H25N3/c1-13(2)15(16)12-17-8-10-18(11-9-17)14-6-4-3-5-7-14/h3-7,13,15H,8-12,16H2,1-2H3/t15-/m1/s1. The number of nitrogens with two attached hydrogens (primary N) is 1. The lowest BCUT2D eigenvalue weighted by Crippen LogP contribution is -2.50. The molecule has 18 heavy (non-hydrogen) atoms. The van der Waals surface area contributed by atoms with E-state index in [0.717, 1.165) is 32.7 Å². The average Bonchev–Trinajstić information content (AvgIpc) is 2.40. The molecule has 0 unspecified atom stereocenters. The molecule has 0 saturated carbocycles. The molecule has 1 aromatic carbocycles. The first-order valence-corrected chi connectivity index (χ1v) is 6.95. The fraction of sp³-hybridized carbons (Fsp3) is 0.600. The van der Waals surface area contributed by atoms with E-state index in [9.17, 15) is 0 Å². The summed E-state index contributed by atoms with van der Waals surface area (Å²) in [7, 11) is 0. The minimum absolute atomic E-state index is 0.299. The smallest absolute Gasteiger partial charge is 0.0367 e. The molecular formula is C15H25N3. The first kappa shape index (κ1) is 13.4. The molecule has 3 nitrogen and oxygen atoms in total. The molecular weight excluding hydrogens is 222 g/mol. The van der Waals surface area contributed by atoms with E-state index in [1.165, 1.54) is 5.69 Å². The summed E-state index contributed by atoms with van der Waals surface area (Å²) in [5.41, 5.74) is 7.48. The highest BCUT2D eigenvalue weighted by atomic mass is 15.3. The average molecular weight is 247 g/mol. The Hall–Kier alpha value is -1.06. The summed E-state index contributed by atoms with van der Waals surface area (Å²) in [6.45, 7) is 9.88. The van der Waals surface area contributed by atoms with Crippen LogP contribution in [0.1, 0.15) is 13.8 Å². The van der Waals surface area contributed by atoms with Gasteiger partial charge in [-0.1, -0.05) is 32.0 Å². The Morgan fingerprint density at radius 3 is 2.22 bits per heavy atom. The molecule has 0 aromatic heterocycles. The number of hydrogen-bond donors (Lipinski definition) is 1. The normalized spacial score (nSPS) is 19.2. The van der Waals surface area contributed by atoms with Gasteiger partial charge < -0.3 is 10.6 Å². The highest BCUT2D eigenvalue weighted by Gasteiger charge is 2.19. The maximum Gasteiger partial charge on any atom is 0.0367 e. The number of benzene rings is 1. The zero-order valence-electron chi connectivity index (χ0n) is 11.5. The summed E-state index contributed by atoms with van der Waals surface area (Å²) in [5.74, 6) is 0.567. The fourth-order valence-corrected chi connectivity index (χ4v) is 2.34. The van der Waals surface area contributed by atoms with Crippen molar-refractivity contribution in [1.82, 2.24) is 4.90 Å². The number of para-hydroxylation sites is 1. The Bertz CT molecular complexity index is 342. The topological polar surface area (TPSA) is 32.5 Å². The number of anilines is 1. The summed E-state index contributed by atoms with van der Waals surface area (Å²) >= 11 is 0. The van der Waals surface area contributed by atoms with Crippen molar-refractivity contribution in [1.29, 1.82) is 0 Å². The van der Waals surface area contributed by atoms with Crippen molar-refractivity contribution in [2.24, 2.45) is 11.7 Å². The molecule has 0 amide bonds. The van der Waals surface area contributed by atoms with Crippen molar-refractivity contribution < 1.29 is 0 Å². The summed E-state index contributed by atoms with van der Waals surface area (Å²) < 4.78 is 0. The van der Waals surface area contributed by atoms with Crippen LogP contribution in [0.2, 0.25) is 0 Å². The summed E-state index contributed by atoms with van der Waals surface area (Å²) in [6, 6.07) is 11.0. The van der Waals surface area contributed by atoms with Gasteiger partial charge >= 0.3 is 0 Å². The third-order valence-electron chi connectivity index (χ3n) is 3.82. The van der Waals surface area contributed by atoms with Crippen LogP contribution in [0, 0.1) is 5.92 Å². The monoisotopic (exact) mass is 247 g/mol. The second-order valence-corrected chi connectivity index (χ2v) is 5.53. The van der Waals surface area contributed by atoms with Gasteiger partial charge in [0.05, 0.1) is 0 Å². The van der Waals surface area contributed by atoms with Crippen LogP contribution >= 0.6 is 0 Å². The highest BCUT2D eigenvalue weighted by Crippen LogP contribution is 2.15. The Balaban J connectivity index is 1.81. The van der Waals surface area contributed by atoms with Crippen molar-refractivity contribution in [2.75, 3.05) is 37.6 Å². The summed E-state index contributed by atoms with van der Waals surface area (Å²) in [6.07, 6.45) is 0. The molecule has 0 radical (unpaired) electrons. The van der Waals surface area contributed by atoms with Gasteiger partial charge in [0.1, 0.15) is 0 Å². The van der Waals surface area contributed by atoms with Crippen LogP contribution < -0.4 is 10.6 Å². The van der Waals surface area contributed by atoms with Crippen molar-refractivity contribution in [3.8, 4) is 0 Å². The van der Waals surface area contributed by atoms with E-state index in [1.54, 1.807) is 0 Å².